The Morgan fingerprint density at radius 3 is 2.58 bits per heavy atom. The maximum Gasteiger partial charge on any atom is 0.416 e. The Labute approximate surface area is 112 Å². The number of halogens is 4. The number of benzene rings is 1. The molecule has 0 amide bonds. The van der Waals surface area contributed by atoms with Crippen LogP contribution in [0, 0.1) is 0 Å². The Morgan fingerprint density at radius 1 is 1.26 bits per heavy atom. The highest BCUT2D eigenvalue weighted by Gasteiger charge is 2.30. The number of alkyl halides is 3. The molecule has 0 radical (unpaired) electrons. The fourth-order valence-electron chi connectivity index (χ4n) is 1.75. The third-order valence-corrected chi connectivity index (χ3v) is 3.00. The van der Waals surface area contributed by atoms with Crippen molar-refractivity contribution in [1.82, 2.24) is 0 Å². The van der Waals surface area contributed by atoms with Crippen LogP contribution in [0.4, 0.5) is 13.2 Å². The van der Waals surface area contributed by atoms with Crippen molar-refractivity contribution in [2.24, 2.45) is 0 Å². The van der Waals surface area contributed by atoms with Gasteiger partial charge in [-0.1, -0.05) is 18.2 Å². The Hall–Kier alpha value is -1.46. The molecule has 2 rings (SSSR count). The summed E-state index contributed by atoms with van der Waals surface area (Å²) >= 11 is 5.70. The predicted molar refractivity (Wildman–Crippen MR) is 63.8 cm³/mol. The fourth-order valence-corrected chi connectivity index (χ4v) is 1.99. The highest BCUT2D eigenvalue weighted by atomic mass is 35.5. The second-order valence-electron chi connectivity index (χ2n) is 4.07. The van der Waals surface area contributed by atoms with Gasteiger partial charge in [0, 0.05) is 12.0 Å². The molecule has 0 aliphatic heterocycles. The molecule has 0 saturated carbocycles. The monoisotopic (exact) mass is 290 g/mol. The van der Waals surface area contributed by atoms with Gasteiger partial charge in [0.2, 0.25) is 0 Å². The minimum Gasteiger partial charge on any atom is -0.453 e. The summed E-state index contributed by atoms with van der Waals surface area (Å²) in [6.45, 7) is 0. The average molecular weight is 291 g/mol. The Morgan fingerprint density at radius 2 is 2.00 bits per heavy atom. The molecule has 1 atom stereocenters. The van der Waals surface area contributed by atoms with Crippen molar-refractivity contribution < 1.29 is 22.7 Å². The van der Waals surface area contributed by atoms with Gasteiger partial charge in [0.15, 0.2) is 5.22 Å². The van der Waals surface area contributed by atoms with E-state index in [1.807, 2.05) is 0 Å². The molecule has 0 aliphatic rings. The number of furan rings is 1. The van der Waals surface area contributed by atoms with Gasteiger partial charge in [-0.05, 0) is 29.3 Å². The lowest BCUT2D eigenvalue weighted by molar-refractivity contribution is -0.137. The number of hydrogen-bond acceptors (Lipinski definition) is 2. The molecule has 0 bridgehead atoms. The van der Waals surface area contributed by atoms with Crippen molar-refractivity contribution in [2.75, 3.05) is 0 Å². The summed E-state index contributed by atoms with van der Waals surface area (Å²) in [5.74, 6) is 0. The third kappa shape index (κ3) is 3.30. The molecule has 0 aliphatic carbocycles. The smallest absolute Gasteiger partial charge is 0.416 e. The highest BCUT2D eigenvalue weighted by molar-refractivity contribution is 6.29. The maximum absolute atomic E-state index is 12.5. The number of hydrogen-bond donors (Lipinski definition) is 1. The van der Waals surface area contributed by atoms with Crippen molar-refractivity contribution in [2.45, 2.75) is 18.7 Å². The zero-order valence-corrected chi connectivity index (χ0v) is 10.4. The second kappa shape index (κ2) is 5.27. The van der Waals surface area contributed by atoms with E-state index in [1.165, 1.54) is 24.5 Å². The molecule has 0 saturated heterocycles. The third-order valence-electron chi connectivity index (χ3n) is 2.69. The van der Waals surface area contributed by atoms with Gasteiger partial charge in [-0.2, -0.15) is 13.2 Å². The summed E-state index contributed by atoms with van der Waals surface area (Å²) in [5.41, 5.74) is -0.00541. The summed E-state index contributed by atoms with van der Waals surface area (Å²) in [4.78, 5) is 0. The molecule has 1 aromatic carbocycles. The zero-order chi connectivity index (χ0) is 14.0. The quantitative estimate of drug-likeness (QED) is 0.918. The molecule has 19 heavy (non-hydrogen) atoms. The van der Waals surface area contributed by atoms with E-state index in [-0.39, 0.29) is 11.6 Å². The number of rotatable bonds is 3. The van der Waals surface area contributed by atoms with Crippen molar-refractivity contribution >= 4 is 11.6 Å². The van der Waals surface area contributed by atoms with Crippen molar-refractivity contribution in [3.63, 3.8) is 0 Å². The van der Waals surface area contributed by atoms with Crippen LogP contribution >= 0.6 is 11.6 Å². The molecule has 102 valence electrons. The Bertz CT molecular complexity index is 563. The van der Waals surface area contributed by atoms with Crippen LogP contribution in [-0.2, 0) is 12.6 Å². The molecule has 2 aromatic rings. The van der Waals surface area contributed by atoms with Crippen LogP contribution in [0.2, 0.25) is 5.22 Å². The van der Waals surface area contributed by atoms with Crippen LogP contribution in [0.5, 0.6) is 0 Å². The van der Waals surface area contributed by atoms with Gasteiger partial charge in [-0.15, -0.1) is 0 Å². The largest absolute Gasteiger partial charge is 0.453 e. The van der Waals surface area contributed by atoms with E-state index >= 15 is 0 Å². The molecule has 0 fully saturated rings. The molecule has 1 aromatic heterocycles. The first-order valence-electron chi connectivity index (χ1n) is 5.45. The number of aliphatic hydroxyl groups is 1. The molecular formula is C13H10ClF3O2. The highest BCUT2D eigenvalue weighted by Crippen LogP contribution is 2.31. The standard InChI is InChI=1S/C13H10ClF3O2/c14-12-10(4-5-19-12)11(18)7-8-2-1-3-9(6-8)13(15,16)17/h1-6,11,18H,7H2. The van der Waals surface area contributed by atoms with E-state index in [0.717, 1.165) is 12.1 Å². The van der Waals surface area contributed by atoms with E-state index in [0.29, 0.717) is 11.1 Å². The Kier molecular flexibility index (Phi) is 3.87. The van der Waals surface area contributed by atoms with E-state index in [2.05, 4.69) is 0 Å². The van der Waals surface area contributed by atoms with Gasteiger partial charge in [-0.3, -0.25) is 0 Å². The lowest BCUT2D eigenvalue weighted by Crippen LogP contribution is -2.07. The summed E-state index contributed by atoms with van der Waals surface area (Å²) in [6, 6.07) is 6.31. The van der Waals surface area contributed by atoms with E-state index in [9.17, 15) is 18.3 Å². The topological polar surface area (TPSA) is 33.4 Å². The van der Waals surface area contributed by atoms with Gasteiger partial charge < -0.3 is 9.52 Å². The van der Waals surface area contributed by atoms with Crippen LogP contribution in [0.1, 0.15) is 22.8 Å². The number of aliphatic hydroxyl groups excluding tert-OH is 1. The lowest BCUT2D eigenvalue weighted by atomic mass is 10.0. The maximum atomic E-state index is 12.5. The minimum atomic E-state index is -4.39. The van der Waals surface area contributed by atoms with Gasteiger partial charge in [0.1, 0.15) is 0 Å². The molecule has 6 heteroatoms. The minimum absolute atomic E-state index is 0.0309. The van der Waals surface area contributed by atoms with E-state index < -0.39 is 17.8 Å². The van der Waals surface area contributed by atoms with Gasteiger partial charge in [0.25, 0.3) is 0 Å². The summed E-state index contributed by atoms with van der Waals surface area (Å²) in [6.07, 6.45) is -4.06. The lowest BCUT2D eigenvalue weighted by Gasteiger charge is -2.12. The molecule has 0 spiro atoms. The first-order valence-corrected chi connectivity index (χ1v) is 5.83. The van der Waals surface area contributed by atoms with Crippen molar-refractivity contribution in [3.05, 3.63) is 58.5 Å². The van der Waals surface area contributed by atoms with Gasteiger partial charge >= 0.3 is 6.18 Å². The van der Waals surface area contributed by atoms with Crippen molar-refractivity contribution in [3.8, 4) is 0 Å². The van der Waals surface area contributed by atoms with Crippen LogP contribution in [0.3, 0.4) is 0 Å². The first-order chi connectivity index (χ1) is 8.88. The van der Waals surface area contributed by atoms with Crippen LogP contribution in [0.25, 0.3) is 0 Å². The molecule has 1 heterocycles. The average Bonchev–Trinajstić information content (AvgIpc) is 2.75. The summed E-state index contributed by atoms with van der Waals surface area (Å²) < 4.78 is 42.5. The molecular weight excluding hydrogens is 281 g/mol. The summed E-state index contributed by atoms with van der Waals surface area (Å²) in [7, 11) is 0. The van der Waals surface area contributed by atoms with Crippen LogP contribution < -0.4 is 0 Å². The van der Waals surface area contributed by atoms with Crippen LogP contribution in [0.15, 0.2) is 41.0 Å². The molecule has 1 N–H and O–H groups in total. The first kappa shape index (κ1) is 14.0. The SMILES string of the molecule is OC(Cc1cccc(C(F)(F)F)c1)c1ccoc1Cl. The van der Waals surface area contributed by atoms with Gasteiger partial charge in [0.05, 0.1) is 17.9 Å². The van der Waals surface area contributed by atoms with E-state index in [4.69, 9.17) is 16.0 Å². The van der Waals surface area contributed by atoms with E-state index in [1.54, 1.807) is 0 Å². The zero-order valence-electron chi connectivity index (χ0n) is 9.62. The van der Waals surface area contributed by atoms with Crippen LogP contribution in [-0.4, -0.2) is 5.11 Å². The molecule has 1 unspecified atom stereocenters. The second-order valence-corrected chi connectivity index (χ2v) is 4.41. The van der Waals surface area contributed by atoms with Gasteiger partial charge in [-0.25, -0.2) is 0 Å². The normalized spacial score (nSPS) is 13.5. The summed E-state index contributed by atoms with van der Waals surface area (Å²) in [5, 5.41) is 9.95. The molecule has 2 nitrogen and oxygen atoms in total. The predicted octanol–water partition coefficient (Wildman–Crippen LogP) is 4.23. The fraction of sp³-hybridized carbons (Fsp3) is 0.231. The Balaban J connectivity index is 2.18. The van der Waals surface area contributed by atoms with Crippen molar-refractivity contribution in [1.29, 1.82) is 0 Å².